The molecule has 0 fully saturated rings. The first-order valence-corrected chi connectivity index (χ1v) is 7.40. The minimum atomic E-state index is -0.0713. The molecule has 0 spiro atoms. The molecule has 0 saturated carbocycles. The first kappa shape index (κ1) is 16.9. The van der Waals surface area contributed by atoms with E-state index in [-0.39, 0.29) is 5.91 Å². The van der Waals surface area contributed by atoms with Gasteiger partial charge in [-0.3, -0.25) is 4.79 Å². The molecular weight excluding hydrogens is 296 g/mol. The van der Waals surface area contributed by atoms with E-state index >= 15 is 0 Å². The fourth-order valence-electron chi connectivity index (χ4n) is 2.33. The highest BCUT2D eigenvalue weighted by Gasteiger charge is 2.13. The summed E-state index contributed by atoms with van der Waals surface area (Å²) in [6.07, 6.45) is 0. The summed E-state index contributed by atoms with van der Waals surface area (Å²) in [5, 5.41) is 2.86. The summed E-state index contributed by atoms with van der Waals surface area (Å²) in [4.78, 5) is 13.2. The summed E-state index contributed by atoms with van der Waals surface area (Å²) in [5.41, 5.74) is 0.675. The highest BCUT2D eigenvalue weighted by Crippen LogP contribution is 2.29. The molecule has 0 aliphatic heterocycles. The van der Waals surface area contributed by atoms with Gasteiger partial charge in [-0.25, -0.2) is 0 Å². The van der Waals surface area contributed by atoms with Crippen molar-refractivity contribution in [2.75, 3.05) is 33.1 Å². The second kappa shape index (κ2) is 7.69. The number of methoxy groups -OCH3 is 2. The monoisotopic (exact) mass is 319 g/mol. The Bertz CT molecular complexity index is 666. The minimum Gasteiger partial charge on any atom is -0.493 e. The Hall–Kier alpha value is -2.47. The zero-order valence-corrected chi connectivity index (χ0v) is 13.9. The predicted octanol–water partition coefficient (Wildman–Crippen LogP) is 1.26. The van der Waals surface area contributed by atoms with Crippen molar-refractivity contribution in [3.05, 3.63) is 41.9 Å². The van der Waals surface area contributed by atoms with Crippen LogP contribution >= 0.6 is 0 Å². The van der Waals surface area contributed by atoms with Crippen LogP contribution in [0.4, 0.5) is 5.69 Å². The van der Waals surface area contributed by atoms with E-state index in [0.717, 1.165) is 16.4 Å². The van der Waals surface area contributed by atoms with E-state index in [4.69, 9.17) is 13.9 Å². The molecule has 23 heavy (non-hydrogen) atoms. The van der Waals surface area contributed by atoms with Crippen molar-refractivity contribution in [3.63, 3.8) is 0 Å². The summed E-state index contributed by atoms with van der Waals surface area (Å²) in [6.45, 7) is 2.91. The maximum atomic E-state index is 12.1. The molecule has 0 radical (unpaired) electrons. The number of aryl methyl sites for hydroxylation is 1. The largest absolute Gasteiger partial charge is 0.493 e. The van der Waals surface area contributed by atoms with E-state index in [1.54, 1.807) is 32.4 Å². The van der Waals surface area contributed by atoms with Crippen molar-refractivity contribution >= 4 is 11.6 Å². The van der Waals surface area contributed by atoms with Crippen molar-refractivity contribution in [2.45, 2.75) is 13.5 Å². The second-order valence-corrected chi connectivity index (χ2v) is 5.44. The first-order chi connectivity index (χ1) is 11.0. The van der Waals surface area contributed by atoms with Gasteiger partial charge in [0.05, 0.1) is 21.3 Å². The maximum Gasteiger partial charge on any atom is 0.279 e. The molecule has 1 heterocycles. The predicted molar refractivity (Wildman–Crippen MR) is 87.1 cm³/mol. The molecule has 1 atom stereocenters. The van der Waals surface area contributed by atoms with E-state index in [9.17, 15) is 4.79 Å². The van der Waals surface area contributed by atoms with Gasteiger partial charge in [0.25, 0.3) is 5.91 Å². The van der Waals surface area contributed by atoms with Crippen LogP contribution in [-0.4, -0.2) is 33.7 Å². The Morgan fingerprint density at radius 2 is 1.91 bits per heavy atom. The molecule has 0 aliphatic carbocycles. The maximum absolute atomic E-state index is 12.1. The molecule has 124 valence electrons. The van der Waals surface area contributed by atoms with Crippen molar-refractivity contribution in [2.24, 2.45) is 0 Å². The van der Waals surface area contributed by atoms with Gasteiger partial charge in [0.2, 0.25) is 0 Å². The van der Waals surface area contributed by atoms with Gasteiger partial charge in [0.15, 0.2) is 23.8 Å². The van der Waals surface area contributed by atoms with Crippen LogP contribution in [0.15, 0.2) is 34.7 Å². The Morgan fingerprint density at radius 3 is 2.52 bits per heavy atom. The molecule has 1 aromatic carbocycles. The van der Waals surface area contributed by atoms with Gasteiger partial charge in [-0.1, -0.05) is 0 Å². The van der Waals surface area contributed by atoms with Gasteiger partial charge in [-0.15, -0.1) is 0 Å². The molecule has 1 amide bonds. The topological polar surface area (TPSA) is 65.1 Å². The summed E-state index contributed by atoms with van der Waals surface area (Å²) in [7, 11) is 5.09. The molecule has 6 heteroatoms. The quantitative estimate of drug-likeness (QED) is 0.806. The van der Waals surface area contributed by atoms with Gasteiger partial charge in [0, 0.05) is 11.8 Å². The Balaban J connectivity index is 1.91. The zero-order chi connectivity index (χ0) is 16.8. The number of amides is 1. The lowest BCUT2D eigenvalue weighted by Gasteiger charge is -2.13. The van der Waals surface area contributed by atoms with Gasteiger partial charge >= 0.3 is 0 Å². The van der Waals surface area contributed by atoms with E-state index in [1.807, 2.05) is 26.1 Å². The van der Waals surface area contributed by atoms with Crippen LogP contribution in [-0.2, 0) is 11.3 Å². The molecule has 1 unspecified atom stereocenters. The normalized spacial score (nSPS) is 11.8. The van der Waals surface area contributed by atoms with Crippen LogP contribution in [0.25, 0.3) is 0 Å². The highest BCUT2D eigenvalue weighted by molar-refractivity contribution is 5.91. The van der Waals surface area contributed by atoms with E-state index < -0.39 is 0 Å². The standard InChI is InChI=1S/C17H22N2O4/c1-12-5-7-14(23-12)10-19(2)11-17(20)18-13-6-8-15(21-3)16(9-13)22-4/h5-9H,10-11H2,1-4H3,(H,18,20)/p+1. The van der Waals surface area contributed by atoms with Crippen LogP contribution in [0.2, 0.25) is 0 Å². The van der Waals surface area contributed by atoms with Gasteiger partial charge in [-0.05, 0) is 31.2 Å². The number of likely N-dealkylation sites (N-methyl/N-ethyl adjacent to an activating group) is 1. The first-order valence-electron chi connectivity index (χ1n) is 7.40. The Morgan fingerprint density at radius 1 is 1.17 bits per heavy atom. The second-order valence-electron chi connectivity index (χ2n) is 5.44. The molecule has 2 aromatic rings. The SMILES string of the molecule is COc1ccc(NC(=O)C[NH+](C)Cc2ccc(C)o2)cc1OC. The van der Waals surface area contributed by atoms with Crippen molar-refractivity contribution < 1.29 is 23.6 Å². The smallest absolute Gasteiger partial charge is 0.279 e. The van der Waals surface area contributed by atoms with Crippen molar-refractivity contribution in [3.8, 4) is 11.5 Å². The lowest BCUT2D eigenvalue weighted by molar-refractivity contribution is -0.886. The third-order valence-electron chi connectivity index (χ3n) is 3.40. The molecule has 1 aromatic heterocycles. The van der Waals surface area contributed by atoms with Crippen LogP contribution in [0.3, 0.4) is 0 Å². The fraction of sp³-hybridized carbons (Fsp3) is 0.353. The number of furan rings is 1. The molecule has 0 saturated heterocycles. The van der Waals surface area contributed by atoms with Crippen molar-refractivity contribution in [1.82, 2.24) is 0 Å². The number of carbonyl (C=O) groups excluding carboxylic acids is 1. The summed E-state index contributed by atoms with van der Waals surface area (Å²) in [6, 6.07) is 9.14. The third-order valence-corrected chi connectivity index (χ3v) is 3.40. The van der Waals surface area contributed by atoms with E-state index in [2.05, 4.69) is 5.32 Å². The number of ether oxygens (including phenoxy) is 2. The average molecular weight is 319 g/mol. The number of rotatable bonds is 7. The van der Waals surface area contributed by atoms with Crippen molar-refractivity contribution in [1.29, 1.82) is 0 Å². The molecule has 0 aliphatic rings. The van der Waals surface area contributed by atoms with Gasteiger partial charge in [0.1, 0.15) is 12.3 Å². The van der Waals surface area contributed by atoms with E-state index in [1.165, 1.54) is 0 Å². The average Bonchev–Trinajstić information content (AvgIpc) is 2.91. The molecular formula is C17H23N2O4+. The number of quaternary nitrogens is 1. The zero-order valence-electron chi connectivity index (χ0n) is 13.9. The number of nitrogens with one attached hydrogen (secondary N) is 2. The number of anilines is 1. The van der Waals surface area contributed by atoms with Crippen LogP contribution in [0, 0.1) is 6.92 Å². The van der Waals surface area contributed by atoms with Crippen LogP contribution in [0.5, 0.6) is 11.5 Å². The van der Waals surface area contributed by atoms with Gasteiger partial charge in [-0.2, -0.15) is 0 Å². The number of hydrogen-bond donors (Lipinski definition) is 2. The van der Waals surface area contributed by atoms with E-state index in [0.29, 0.717) is 30.3 Å². The summed E-state index contributed by atoms with van der Waals surface area (Å²) in [5.74, 6) is 2.89. The molecule has 2 rings (SSSR count). The van der Waals surface area contributed by atoms with Gasteiger partial charge < -0.3 is 24.1 Å². The fourth-order valence-corrected chi connectivity index (χ4v) is 2.33. The number of benzene rings is 1. The number of hydrogen-bond acceptors (Lipinski definition) is 4. The summed E-state index contributed by atoms with van der Waals surface area (Å²) < 4.78 is 15.9. The van der Waals surface area contributed by atoms with Crippen LogP contribution < -0.4 is 19.7 Å². The summed E-state index contributed by atoms with van der Waals surface area (Å²) >= 11 is 0. The molecule has 0 bridgehead atoms. The Kier molecular flexibility index (Phi) is 5.65. The molecule has 2 N–H and O–H groups in total. The Labute approximate surface area is 136 Å². The lowest BCUT2D eigenvalue weighted by atomic mass is 10.2. The third kappa shape index (κ3) is 4.75. The minimum absolute atomic E-state index is 0.0713. The van der Waals surface area contributed by atoms with Crippen LogP contribution in [0.1, 0.15) is 11.5 Å². The lowest BCUT2D eigenvalue weighted by Crippen LogP contribution is -3.08. The highest BCUT2D eigenvalue weighted by atomic mass is 16.5. The molecule has 6 nitrogen and oxygen atoms in total. The number of carbonyl (C=O) groups is 1.